The van der Waals surface area contributed by atoms with Crippen LogP contribution in [-0.4, -0.2) is 36.6 Å². The van der Waals surface area contributed by atoms with E-state index < -0.39 is 0 Å². The quantitative estimate of drug-likeness (QED) is 0.749. The molecule has 0 amide bonds. The smallest absolute Gasteiger partial charge is 0.131 e. The second-order valence-electron chi connectivity index (χ2n) is 4.86. The Bertz CT molecular complexity index is 434. The molecule has 2 aliphatic heterocycles. The van der Waals surface area contributed by atoms with Crippen LogP contribution in [0.5, 0.6) is 0 Å². The second kappa shape index (κ2) is 4.11. The van der Waals surface area contributed by atoms with Crippen molar-refractivity contribution in [2.75, 3.05) is 24.5 Å². The first kappa shape index (κ1) is 10.7. The molecule has 1 aromatic rings. The van der Waals surface area contributed by atoms with Crippen LogP contribution in [0.2, 0.25) is 0 Å². The van der Waals surface area contributed by atoms with Crippen LogP contribution in [0.4, 0.5) is 11.4 Å². The predicted molar refractivity (Wildman–Crippen MR) is 68.7 cm³/mol. The van der Waals surface area contributed by atoms with Crippen molar-refractivity contribution in [3.05, 3.63) is 29.2 Å². The number of anilines is 1. The highest BCUT2D eigenvalue weighted by Crippen LogP contribution is 2.38. The van der Waals surface area contributed by atoms with E-state index in [1.807, 2.05) is 18.2 Å². The molecule has 2 aliphatic rings. The molecule has 0 radical (unpaired) electrons. The van der Waals surface area contributed by atoms with Gasteiger partial charge in [-0.05, 0) is 30.3 Å². The molecule has 2 unspecified atom stereocenters. The van der Waals surface area contributed by atoms with E-state index >= 15 is 0 Å². The lowest BCUT2D eigenvalue weighted by molar-refractivity contribution is 0.251. The van der Waals surface area contributed by atoms with Gasteiger partial charge in [-0.2, -0.15) is 0 Å². The van der Waals surface area contributed by atoms with E-state index in [0.717, 1.165) is 25.3 Å². The molecular formula is C13H17N3O. The van der Waals surface area contributed by atoms with Crippen LogP contribution in [-0.2, 0) is 0 Å². The molecule has 4 heteroatoms. The number of piperazine rings is 1. The van der Waals surface area contributed by atoms with Gasteiger partial charge in [0, 0.05) is 25.2 Å². The van der Waals surface area contributed by atoms with Gasteiger partial charge in [0.15, 0.2) is 0 Å². The standard InChI is InChI=1S/C13H17N3O/c1-2-15-8-11-7-10(15)9-16(11)13-6-4-3-5-12(13)14-17/h3-6,10-11H,2,7-9H2,1H3. The fourth-order valence-corrected chi connectivity index (χ4v) is 3.22. The van der Waals surface area contributed by atoms with Gasteiger partial charge in [0.2, 0.25) is 0 Å². The molecule has 2 fully saturated rings. The number of nitroso groups, excluding NO2 is 1. The lowest BCUT2D eigenvalue weighted by Crippen LogP contribution is -2.46. The lowest BCUT2D eigenvalue weighted by Gasteiger charge is -2.35. The Kier molecular flexibility index (Phi) is 2.59. The van der Waals surface area contributed by atoms with Gasteiger partial charge in [0.1, 0.15) is 5.69 Å². The van der Waals surface area contributed by atoms with Crippen LogP contribution in [0.3, 0.4) is 0 Å². The monoisotopic (exact) mass is 231 g/mol. The van der Waals surface area contributed by atoms with Gasteiger partial charge < -0.3 is 4.90 Å². The summed E-state index contributed by atoms with van der Waals surface area (Å²) in [4.78, 5) is 15.7. The Hall–Kier alpha value is -1.42. The van der Waals surface area contributed by atoms with Gasteiger partial charge in [0.05, 0.1) is 5.69 Å². The van der Waals surface area contributed by atoms with E-state index in [0.29, 0.717) is 17.8 Å². The summed E-state index contributed by atoms with van der Waals surface area (Å²) < 4.78 is 0. The fraction of sp³-hybridized carbons (Fsp3) is 0.538. The number of hydrogen-bond donors (Lipinski definition) is 0. The zero-order chi connectivity index (χ0) is 11.8. The number of fused-ring (bicyclic) bond motifs is 2. The maximum absolute atomic E-state index is 10.8. The third kappa shape index (κ3) is 1.63. The van der Waals surface area contributed by atoms with Crippen molar-refractivity contribution >= 4 is 11.4 Å². The number of likely N-dealkylation sites (tertiary alicyclic amines) is 1. The third-order valence-corrected chi connectivity index (χ3v) is 4.05. The average Bonchev–Trinajstić information content (AvgIpc) is 2.97. The van der Waals surface area contributed by atoms with E-state index in [4.69, 9.17) is 0 Å². The zero-order valence-corrected chi connectivity index (χ0v) is 10.0. The van der Waals surface area contributed by atoms with Crippen molar-refractivity contribution in [3.8, 4) is 0 Å². The maximum Gasteiger partial charge on any atom is 0.131 e. The van der Waals surface area contributed by atoms with Crippen LogP contribution in [0, 0.1) is 4.91 Å². The number of benzene rings is 1. The van der Waals surface area contributed by atoms with Crippen LogP contribution >= 0.6 is 0 Å². The molecule has 2 saturated heterocycles. The Labute approximate surface area is 101 Å². The van der Waals surface area contributed by atoms with Crippen molar-refractivity contribution < 1.29 is 0 Å². The molecule has 0 aromatic heterocycles. The van der Waals surface area contributed by atoms with Crippen molar-refractivity contribution in [1.82, 2.24) is 4.90 Å². The number of para-hydroxylation sites is 1. The first-order valence-electron chi connectivity index (χ1n) is 6.26. The van der Waals surface area contributed by atoms with Crippen LogP contribution in [0.1, 0.15) is 13.3 Å². The van der Waals surface area contributed by atoms with Gasteiger partial charge in [-0.1, -0.05) is 19.1 Å². The average molecular weight is 231 g/mol. The first-order valence-corrected chi connectivity index (χ1v) is 6.26. The molecule has 2 atom stereocenters. The first-order chi connectivity index (χ1) is 8.33. The fourth-order valence-electron chi connectivity index (χ4n) is 3.22. The van der Waals surface area contributed by atoms with E-state index in [9.17, 15) is 4.91 Å². The molecule has 90 valence electrons. The second-order valence-corrected chi connectivity index (χ2v) is 4.86. The molecule has 0 saturated carbocycles. The summed E-state index contributed by atoms with van der Waals surface area (Å²) in [5.74, 6) is 0. The Morgan fingerprint density at radius 1 is 1.29 bits per heavy atom. The van der Waals surface area contributed by atoms with Crippen molar-refractivity contribution in [2.45, 2.75) is 25.4 Å². The number of nitrogens with zero attached hydrogens (tertiary/aromatic N) is 3. The Balaban J connectivity index is 1.86. The highest BCUT2D eigenvalue weighted by Gasteiger charge is 2.42. The van der Waals surface area contributed by atoms with Crippen molar-refractivity contribution in [3.63, 3.8) is 0 Å². The molecular weight excluding hydrogens is 214 g/mol. The summed E-state index contributed by atoms with van der Waals surface area (Å²) in [6.07, 6.45) is 1.22. The van der Waals surface area contributed by atoms with Crippen LogP contribution in [0.25, 0.3) is 0 Å². The molecule has 2 bridgehead atoms. The normalized spacial score (nSPS) is 27.7. The molecule has 0 spiro atoms. The van der Waals surface area contributed by atoms with Crippen molar-refractivity contribution in [2.24, 2.45) is 5.18 Å². The Morgan fingerprint density at radius 2 is 2.12 bits per heavy atom. The van der Waals surface area contributed by atoms with E-state index in [1.165, 1.54) is 6.42 Å². The molecule has 0 N–H and O–H groups in total. The van der Waals surface area contributed by atoms with Crippen molar-refractivity contribution in [1.29, 1.82) is 0 Å². The summed E-state index contributed by atoms with van der Waals surface area (Å²) in [5.41, 5.74) is 1.58. The van der Waals surface area contributed by atoms with Gasteiger partial charge in [0.25, 0.3) is 0 Å². The highest BCUT2D eigenvalue weighted by molar-refractivity contribution is 5.68. The maximum atomic E-state index is 10.8. The molecule has 2 heterocycles. The molecule has 0 aliphatic carbocycles. The van der Waals surface area contributed by atoms with Crippen LogP contribution in [0.15, 0.2) is 29.4 Å². The highest BCUT2D eigenvalue weighted by atomic mass is 16.3. The Morgan fingerprint density at radius 3 is 2.76 bits per heavy atom. The third-order valence-electron chi connectivity index (χ3n) is 4.05. The SMILES string of the molecule is CCN1CC2CC1CN2c1ccccc1N=O. The molecule has 4 nitrogen and oxygen atoms in total. The summed E-state index contributed by atoms with van der Waals surface area (Å²) in [6, 6.07) is 8.87. The minimum atomic E-state index is 0.558. The van der Waals surface area contributed by atoms with Gasteiger partial charge in [-0.25, -0.2) is 0 Å². The lowest BCUT2D eigenvalue weighted by atomic mass is 10.2. The molecule has 3 rings (SSSR count). The van der Waals surface area contributed by atoms with E-state index in [1.54, 1.807) is 6.07 Å². The van der Waals surface area contributed by atoms with Gasteiger partial charge >= 0.3 is 0 Å². The van der Waals surface area contributed by atoms with E-state index in [2.05, 4.69) is 21.9 Å². The molecule has 17 heavy (non-hydrogen) atoms. The zero-order valence-electron chi connectivity index (χ0n) is 10.0. The predicted octanol–water partition coefficient (Wildman–Crippen LogP) is 2.37. The number of hydrogen-bond acceptors (Lipinski definition) is 4. The van der Waals surface area contributed by atoms with Crippen LogP contribution < -0.4 is 4.90 Å². The topological polar surface area (TPSA) is 35.9 Å². The largest absolute Gasteiger partial charge is 0.364 e. The number of rotatable bonds is 3. The van der Waals surface area contributed by atoms with E-state index in [-0.39, 0.29) is 0 Å². The summed E-state index contributed by atoms with van der Waals surface area (Å²) in [6.45, 7) is 5.49. The number of likely N-dealkylation sites (N-methyl/N-ethyl adjacent to an activating group) is 1. The minimum Gasteiger partial charge on any atom is -0.364 e. The van der Waals surface area contributed by atoms with Gasteiger partial charge in [-0.3, -0.25) is 4.90 Å². The summed E-state index contributed by atoms with van der Waals surface area (Å²) >= 11 is 0. The summed E-state index contributed by atoms with van der Waals surface area (Å²) in [5, 5.41) is 3.13. The minimum absolute atomic E-state index is 0.558. The van der Waals surface area contributed by atoms with Gasteiger partial charge in [-0.15, -0.1) is 4.91 Å². The summed E-state index contributed by atoms with van der Waals surface area (Å²) in [7, 11) is 0. The molecule has 1 aromatic carbocycles.